The molecule has 1 aromatic carbocycles. The number of nitrogens with one attached hydrogen (secondary N) is 1. The van der Waals surface area contributed by atoms with E-state index in [0.717, 1.165) is 0 Å². The summed E-state index contributed by atoms with van der Waals surface area (Å²) >= 11 is 0. The molecule has 1 rings (SSSR count). The molecular formula is C20H30N2O6. The summed E-state index contributed by atoms with van der Waals surface area (Å²) in [6.07, 6.45) is -0.0460. The summed E-state index contributed by atoms with van der Waals surface area (Å²) in [7, 11) is 2.94. The number of nitrogens with zero attached hydrogens (tertiary/aromatic N) is 1. The van der Waals surface area contributed by atoms with Gasteiger partial charge in [0, 0.05) is 12.6 Å². The fourth-order valence-electron chi connectivity index (χ4n) is 2.23. The van der Waals surface area contributed by atoms with Gasteiger partial charge >= 0.3 is 5.97 Å². The fourth-order valence-corrected chi connectivity index (χ4v) is 2.23. The van der Waals surface area contributed by atoms with Crippen LogP contribution in [-0.2, 0) is 14.3 Å². The van der Waals surface area contributed by atoms with Crippen LogP contribution in [0.2, 0.25) is 0 Å². The molecule has 0 radical (unpaired) electrons. The van der Waals surface area contributed by atoms with Crippen LogP contribution in [0.3, 0.4) is 0 Å². The van der Waals surface area contributed by atoms with Crippen molar-refractivity contribution < 1.29 is 28.6 Å². The molecule has 0 saturated heterocycles. The highest BCUT2D eigenvalue weighted by Gasteiger charge is 2.20. The fraction of sp³-hybridized carbons (Fsp3) is 0.550. The van der Waals surface area contributed by atoms with Gasteiger partial charge in [0.1, 0.15) is 0 Å². The Morgan fingerprint density at radius 2 is 1.79 bits per heavy atom. The van der Waals surface area contributed by atoms with E-state index in [9.17, 15) is 14.4 Å². The van der Waals surface area contributed by atoms with Gasteiger partial charge in [0.2, 0.25) is 5.91 Å². The van der Waals surface area contributed by atoms with E-state index in [-0.39, 0.29) is 24.1 Å². The minimum Gasteiger partial charge on any atom is -0.493 e. The number of benzene rings is 1. The molecule has 0 atom stereocenters. The molecular weight excluding hydrogens is 364 g/mol. The van der Waals surface area contributed by atoms with Crippen molar-refractivity contribution in [2.24, 2.45) is 0 Å². The van der Waals surface area contributed by atoms with Crippen LogP contribution in [0.15, 0.2) is 18.2 Å². The minimum atomic E-state index is -0.671. The largest absolute Gasteiger partial charge is 0.493 e. The van der Waals surface area contributed by atoms with E-state index >= 15 is 0 Å². The predicted octanol–water partition coefficient (Wildman–Crippen LogP) is 2.01. The van der Waals surface area contributed by atoms with Gasteiger partial charge in [0.15, 0.2) is 18.1 Å². The average molecular weight is 394 g/mol. The molecule has 0 heterocycles. The quantitative estimate of drug-likeness (QED) is 0.678. The van der Waals surface area contributed by atoms with Crippen LogP contribution in [0.4, 0.5) is 0 Å². The first kappa shape index (κ1) is 23.3. The van der Waals surface area contributed by atoms with Crippen molar-refractivity contribution in [1.82, 2.24) is 10.2 Å². The zero-order valence-electron chi connectivity index (χ0n) is 17.6. The van der Waals surface area contributed by atoms with Crippen molar-refractivity contribution in [3.05, 3.63) is 23.8 Å². The number of likely N-dealkylation sites (N-methyl/N-ethyl adjacent to an activating group) is 1. The third kappa shape index (κ3) is 7.85. The topological polar surface area (TPSA) is 94.2 Å². The van der Waals surface area contributed by atoms with E-state index in [2.05, 4.69) is 5.32 Å². The summed E-state index contributed by atoms with van der Waals surface area (Å²) in [6.45, 7) is 8.71. The lowest BCUT2D eigenvalue weighted by Crippen LogP contribution is -2.46. The standard InChI is InChI=1S/C20H30N2O6/c1-13(2)28-15-9-8-14(10-16(15)26-7)19(25)27-12-18(24)22(6)11-17(23)21-20(3,4)5/h8-10,13H,11-12H2,1-7H3,(H,21,23). The number of esters is 1. The minimum absolute atomic E-state index is 0.0460. The van der Waals surface area contributed by atoms with E-state index in [1.807, 2.05) is 34.6 Å². The maximum Gasteiger partial charge on any atom is 0.338 e. The molecule has 1 aromatic rings. The Hall–Kier alpha value is -2.77. The second-order valence-corrected chi connectivity index (χ2v) is 7.66. The molecule has 0 aromatic heterocycles. The van der Waals surface area contributed by atoms with Crippen LogP contribution in [0.25, 0.3) is 0 Å². The van der Waals surface area contributed by atoms with Gasteiger partial charge in [-0.25, -0.2) is 4.79 Å². The predicted molar refractivity (Wildman–Crippen MR) is 105 cm³/mol. The molecule has 1 N–H and O–H groups in total. The molecule has 0 bridgehead atoms. The van der Waals surface area contributed by atoms with Gasteiger partial charge in [-0.3, -0.25) is 9.59 Å². The van der Waals surface area contributed by atoms with Crippen molar-refractivity contribution in [1.29, 1.82) is 0 Å². The summed E-state index contributed by atoms with van der Waals surface area (Å²) in [4.78, 5) is 37.4. The Labute approximate surface area is 166 Å². The molecule has 8 nitrogen and oxygen atoms in total. The van der Waals surface area contributed by atoms with Crippen molar-refractivity contribution in [3.8, 4) is 11.5 Å². The lowest BCUT2D eigenvalue weighted by molar-refractivity contribution is -0.137. The Bertz CT molecular complexity index is 709. The number of hydrogen-bond donors (Lipinski definition) is 1. The summed E-state index contributed by atoms with van der Waals surface area (Å²) in [6, 6.07) is 4.64. The first-order valence-corrected chi connectivity index (χ1v) is 8.99. The first-order chi connectivity index (χ1) is 12.9. The number of carbonyl (C=O) groups is 3. The lowest BCUT2D eigenvalue weighted by atomic mass is 10.1. The molecule has 0 aliphatic carbocycles. The second-order valence-electron chi connectivity index (χ2n) is 7.66. The monoisotopic (exact) mass is 394 g/mol. The van der Waals surface area contributed by atoms with Crippen LogP contribution >= 0.6 is 0 Å². The van der Waals surface area contributed by atoms with E-state index in [4.69, 9.17) is 14.2 Å². The van der Waals surface area contributed by atoms with E-state index in [0.29, 0.717) is 11.5 Å². The first-order valence-electron chi connectivity index (χ1n) is 8.99. The van der Waals surface area contributed by atoms with Gasteiger partial charge in [-0.2, -0.15) is 0 Å². The van der Waals surface area contributed by atoms with Gasteiger partial charge in [-0.1, -0.05) is 0 Å². The van der Waals surface area contributed by atoms with Crippen molar-refractivity contribution in [2.45, 2.75) is 46.3 Å². The van der Waals surface area contributed by atoms with Crippen LogP contribution in [0.5, 0.6) is 11.5 Å². The van der Waals surface area contributed by atoms with Crippen LogP contribution < -0.4 is 14.8 Å². The zero-order valence-corrected chi connectivity index (χ0v) is 17.6. The second kappa shape index (κ2) is 9.96. The third-order valence-electron chi connectivity index (χ3n) is 3.41. The highest BCUT2D eigenvalue weighted by molar-refractivity contribution is 5.92. The average Bonchev–Trinajstić information content (AvgIpc) is 2.57. The number of amides is 2. The van der Waals surface area contributed by atoms with Crippen LogP contribution in [0.1, 0.15) is 45.0 Å². The Morgan fingerprint density at radius 3 is 2.32 bits per heavy atom. The molecule has 0 saturated carbocycles. The van der Waals surface area contributed by atoms with Gasteiger partial charge in [0.05, 0.1) is 25.3 Å². The maximum absolute atomic E-state index is 12.2. The van der Waals surface area contributed by atoms with Crippen molar-refractivity contribution in [2.75, 3.05) is 27.3 Å². The molecule has 156 valence electrons. The highest BCUT2D eigenvalue weighted by atomic mass is 16.5. The molecule has 0 aliphatic heterocycles. The summed E-state index contributed by atoms with van der Waals surface area (Å²) < 4.78 is 15.9. The highest BCUT2D eigenvalue weighted by Crippen LogP contribution is 2.29. The Kier molecular flexibility index (Phi) is 8.28. The van der Waals surface area contributed by atoms with Crippen molar-refractivity contribution >= 4 is 17.8 Å². The molecule has 28 heavy (non-hydrogen) atoms. The third-order valence-corrected chi connectivity index (χ3v) is 3.41. The molecule has 0 spiro atoms. The smallest absolute Gasteiger partial charge is 0.338 e. The molecule has 2 amide bonds. The van der Waals surface area contributed by atoms with Gasteiger partial charge in [0.25, 0.3) is 5.91 Å². The lowest BCUT2D eigenvalue weighted by Gasteiger charge is -2.23. The molecule has 0 unspecified atom stereocenters. The normalized spacial score (nSPS) is 11.0. The van der Waals surface area contributed by atoms with Crippen LogP contribution in [-0.4, -0.2) is 61.6 Å². The van der Waals surface area contributed by atoms with Gasteiger partial charge in [-0.05, 0) is 52.8 Å². The number of rotatable bonds is 8. The zero-order chi connectivity index (χ0) is 21.5. The summed E-state index contributed by atoms with van der Waals surface area (Å²) in [5.41, 5.74) is -0.160. The Balaban J connectivity index is 2.63. The van der Waals surface area contributed by atoms with Crippen molar-refractivity contribution in [3.63, 3.8) is 0 Å². The van der Waals surface area contributed by atoms with Crippen LogP contribution in [0, 0.1) is 0 Å². The van der Waals surface area contributed by atoms with Gasteiger partial charge in [-0.15, -0.1) is 0 Å². The molecule has 0 fully saturated rings. The number of hydrogen-bond acceptors (Lipinski definition) is 6. The number of carbonyl (C=O) groups excluding carboxylic acids is 3. The maximum atomic E-state index is 12.2. The number of methoxy groups -OCH3 is 1. The van der Waals surface area contributed by atoms with Gasteiger partial charge < -0.3 is 24.4 Å². The summed E-state index contributed by atoms with van der Waals surface area (Å²) in [5, 5.41) is 2.76. The van der Waals surface area contributed by atoms with E-state index < -0.39 is 24.0 Å². The van der Waals surface area contributed by atoms with E-state index in [1.54, 1.807) is 6.07 Å². The SMILES string of the molecule is COc1cc(C(=O)OCC(=O)N(C)CC(=O)NC(C)(C)C)ccc1OC(C)C. The number of ether oxygens (including phenoxy) is 3. The summed E-state index contributed by atoms with van der Waals surface area (Å²) in [5.74, 6) is -0.542. The van der Waals surface area contributed by atoms with E-state index in [1.165, 1.54) is 31.2 Å². The molecule has 0 aliphatic rings. The molecule has 8 heteroatoms. The Morgan fingerprint density at radius 1 is 1.14 bits per heavy atom.